The third-order valence-electron chi connectivity index (χ3n) is 5.01. The molecule has 0 atom stereocenters. The molecule has 0 saturated carbocycles. The van der Waals surface area contributed by atoms with E-state index in [1.54, 1.807) is 24.1 Å². The van der Waals surface area contributed by atoms with Gasteiger partial charge in [-0.2, -0.15) is 0 Å². The monoisotopic (exact) mass is 400 g/mol. The van der Waals surface area contributed by atoms with Gasteiger partial charge < -0.3 is 28.7 Å². The van der Waals surface area contributed by atoms with Gasteiger partial charge in [0.2, 0.25) is 5.75 Å². The third-order valence-corrected chi connectivity index (χ3v) is 5.01. The van der Waals surface area contributed by atoms with Crippen LogP contribution in [-0.4, -0.2) is 65.5 Å². The smallest absolute Gasteiger partial charge is 0.254 e. The summed E-state index contributed by atoms with van der Waals surface area (Å²) in [7, 11) is 6.40. The Morgan fingerprint density at radius 1 is 1.03 bits per heavy atom. The minimum absolute atomic E-state index is 0.124. The number of benzene rings is 2. The summed E-state index contributed by atoms with van der Waals surface area (Å²) < 4.78 is 21.5. The minimum Gasteiger partial charge on any atom is -0.493 e. The fraction of sp³-hybridized carbons (Fsp3) is 0.409. The lowest BCUT2D eigenvalue weighted by atomic mass is 10.1. The van der Waals surface area contributed by atoms with E-state index in [0.29, 0.717) is 42.6 Å². The molecule has 1 aliphatic heterocycles. The maximum atomic E-state index is 13.1. The van der Waals surface area contributed by atoms with E-state index in [1.165, 1.54) is 21.3 Å². The zero-order valence-electron chi connectivity index (χ0n) is 17.4. The van der Waals surface area contributed by atoms with Crippen molar-refractivity contribution in [3.63, 3.8) is 0 Å². The fourth-order valence-corrected chi connectivity index (χ4v) is 3.51. The Morgan fingerprint density at radius 2 is 1.66 bits per heavy atom. The summed E-state index contributed by atoms with van der Waals surface area (Å²) >= 11 is 0. The zero-order chi connectivity index (χ0) is 20.8. The van der Waals surface area contributed by atoms with E-state index in [9.17, 15) is 4.79 Å². The highest BCUT2D eigenvalue weighted by molar-refractivity contribution is 5.95. The molecular weight excluding hydrogens is 372 g/mol. The Labute approximate surface area is 171 Å². The van der Waals surface area contributed by atoms with Crippen molar-refractivity contribution in [1.29, 1.82) is 0 Å². The number of methoxy groups -OCH3 is 3. The number of para-hydroxylation sites is 1. The van der Waals surface area contributed by atoms with Crippen molar-refractivity contribution in [3.8, 4) is 17.2 Å². The number of nitrogens with zero attached hydrogens (tertiary/aromatic N) is 2. The maximum absolute atomic E-state index is 13.1. The van der Waals surface area contributed by atoms with Gasteiger partial charge in [-0.25, -0.2) is 0 Å². The van der Waals surface area contributed by atoms with Crippen molar-refractivity contribution in [2.24, 2.45) is 0 Å². The summed E-state index contributed by atoms with van der Waals surface area (Å²) in [6.45, 7) is 3.62. The van der Waals surface area contributed by atoms with Gasteiger partial charge in [0.1, 0.15) is 0 Å². The van der Waals surface area contributed by atoms with Crippen molar-refractivity contribution in [1.82, 2.24) is 4.90 Å². The highest BCUT2D eigenvalue weighted by Crippen LogP contribution is 2.38. The molecule has 156 valence electrons. The molecule has 0 aromatic heterocycles. The molecule has 2 aromatic rings. The second-order valence-electron chi connectivity index (χ2n) is 6.80. The Morgan fingerprint density at radius 3 is 2.24 bits per heavy atom. The number of anilines is 1. The molecule has 1 amide bonds. The summed E-state index contributed by atoms with van der Waals surface area (Å²) in [5.74, 6) is 1.25. The molecular formula is C22H28N2O5. The van der Waals surface area contributed by atoms with Gasteiger partial charge in [-0.15, -0.1) is 0 Å². The van der Waals surface area contributed by atoms with Crippen molar-refractivity contribution in [3.05, 3.63) is 47.5 Å². The Hall–Kier alpha value is -2.93. The first-order chi connectivity index (χ1) is 14.1. The van der Waals surface area contributed by atoms with Gasteiger partial charge in [-0.3, -0.25) is 4.79 Å². The van der Waals surface area contributed by atoms with Gasteiger partial charge in [0.25, 0.3) is 5.91 Å². The van der Waals surface area contributed by atoms with Crippen LogP contribution in [0.1, 0.15) is 15.9 Å². The Kier molecular flexibility index (Phi) is 6.82. The lowest BCUT2D eigenvalue weighted by molar-refractivity contribution is 0.0784. The number of morpholine rings is 1. The van der Waals surface area contributed by atoms with Crippen molar-refractivity contribution < 1.29 is 23.7 Å². The van der Waals surface area contributed by atoms with Gasteiger partial charge in [-0.1, -0.05) is 18.2 Å². The quantitative estimate of drug-likeness (QED) is 0.712. The fourth-order valence-electron chi connectivity index (χ4n) is 3.51. The zero-order valence-corrected chi connectivity index (χ0v) is 17.4. The standard InChI is InChI=1S/C22H28N2O5/c1-23(15-16-7-5-6-8-18(16)24-9-11-29-12-10-24)22(25)17-13-19(26-2)21(28-4)20(14-17)27-3/h5-8,13-14H,9-12,15H2,1-4H3. The average Bonchev–Trinajstić information content (AvgIpc) is 2.78. The second-order valence-corrected chi connectivity index (χ2v) is 6.80. The van der Waals surface area contributed by atoms with E-state index in [0.717, 1.165) is 24.3 Å². The van der Waals surface area contributed by atoms with Crippen molar-refractivity contribution in [2.45, 2.75) is 6.54 Å². The van der Waals surface area contributed by atoms with E-state index in [4.69, 9.17) is 18.9 Å². The molecule has 0 unspecified atom stereocenters. The van der Waals surface area contributed by atoms with Gasteiger partial charge in [-0.05, 0) is 23.8 Å². The molecule has 1 heterocycles. The van der Waals surface area contributed by atoms with E-state index < -0.39 is 0 Å². The number of carbonyl (C=O) groups is 1. The van der Waals surface area contributed by atoms with Crippen LogP contribution in [0.3, 0.4) is 0 Å². The largest absolute Gasteiger partial charge is 0.493 e. The van der Waals surface area contributed by atoms with Crippen LogP contribution < -0.4 is 19.1 Å². The van der Waals surface area contributed by atoms with Crippen LogP contribution >= 0.6 is 0 Å². The molecule has 7 nitrogen and oxygen atoms in total. The summed E-state index contributed by atoms with van der Waals surface area (Å²) in [4.78, 5) is 17.1. The maximum Gasteiger partial charge on any atom is 0.254 e. The Balaban J connectivity index is 1.83. The van der Waals surface area contributed by atoms with Crippen LogP contribution in [-0.2, 0) is 11.3 Å². The summed E-state index contributed by atoms with van der Waals surface area (Å²) in [5.41, 5.74) is 2.71. The predicted octanol–water partition coefficient (Wildman–Crippen LogP) is 2.82. The SMILES string of the molecule is COc1cc(C(=O)N(C)Cc2ccccc2N2CCOCC2)cc(OC)c1OC. The van der Waals surface area contributed by atoms with Gasteiger partial charge in [0.15, 0.2) is 11.5 Å². The van der Waals surface area contributed by atoms with Crippen LogP contribution in [0, 0.1) is 0 Å². The molecule has 1 aliphatic rings. The molecule has 2 aromatic carbocycles. The molecule has 0 spiro atoms. The molecule has 7 heteroatoms. The van der Waals surface area contributed by atoms with Crippen LogP contribution in [0.25, 0.3) is 0 Å². The van der Waals surface area contributed by atoms with Gasteiger partial charge in [0, 0.05) is 37.9 Å². The number of carbonyl (C=O) groups excluding carboxylic acids is 1. The predicted molar refractivity (Wildman–Crippen MR) is 111 cm³/mol. The average molecular weight is 400 g/mol. The number of hydrogen-bond acceptors (Lipinski definition) is 6. The minimum atomic E-state index is -0.124. The Bertz CT molecular complexity index is 824. The van der Waals surface area contributed by atoms with Gasteiger partial charge >= 0.3 is 0 Å². The first kappa shape index (κ1) is 20.8. The van der Waals surface area contributed by atoms with Crippen LogP contribution in [0.15, 0.2) is 36.4 Å². The van der Waals surface area contributed by atoms with Crippen LogP contribution in [0.4, 0.5) is 5.69 Å². The topological polar surface area (TPSA) is 60.5 Å². The van der Waals surface area contributed by atoms with E-state index in [2.05, 4.69) is 17.0 Å². The highest BCUT2D eigenvalue weighted by atomic mass is 16.5. The van der Waals surface area contributed by atoms with E-state index in [1.807, 2.05) is 12.1 Å². The van der Waals surface area contributed by atoms with Gasteiger partial charge in [0.05, 0.1) is 34.5 Å². The van der Waals surface area contributed by atoms with Crippen molar-refractivity contribution >= 4 is 11.6 Å². The molecule has 1 saturated heterocycles. The molecule has 0 aliphatic carbocycles. The van der Waals surface area contributed by atoms with E-state index in [-0.39, 0.29) is 5.91 Å². The third kappa shape index (κ3) is 4.56. The number of rotatable bonds is 7. The molecule has 3 rings (SSSR count). The lowest BCUT2D eigenvalue weighted by Crippen LogP contribution is -2.37. The van der Waals surface area contributed by atoms with Crippen LogP contribution in [0.2, 0.25) is 0 Å². The number of hydrogen-bond donors (Lipinski definition) is 0. The summed E-state index contributed by atoms with van der Waals surface area (Å²) in [6.07, 6.45) is 0. The first-order valence-electron chi connectivity index (χ1n) is 9.55. The first-order valence-corrected chi connectivity index (χ1v) is 9.55. The normalized spacial score (nSPS) is 13.7. The van der Waals surface area contributed by atoms with E-state index >= 15 is 0 Å². The molecule has 29 heavy (non-hydrogen) atoms. The number of ether oxygens (including phenoxy) is 4. The molecule has 0 N–H and O–H groups in total. The lowest BCUT2D eigenvalue weighted by Gasteiger charge is -2.31. The molecule has 0 radical (unpaired) electrons. The number of amides is 1. The van der Waals surface area contributed by atoms with Crippen molar-refractivity contribution in [2.75, 3.05) is 59.6 Å². The second kappa shape index (κ2) is 9.52. The summed E-state index contributed by atoms with van der Waals surface area (Å²) in [5, 5.41) is 0. The molecule has 1 fully saturated rings. The summed E-state index contributed by atoms with van der Waals surface area (Å²) in [6, 6.07) is 11.5. The molecule has 0 bridgehead atoms. The highest BCUT2D eigenvalue weighted by Gasteiger charge is 2.21. The van der Waals surface area contributed by atoms with Crippen LogP contribution in [0.5, 0.6) is 17.2 Å².